The molecule has 0 aliphatic heterocycles. The number of Topliss-reactive ketones (excluding diaryl/α,β-unsaturated/α-hetero) is 1. The fourth-order valence-corrected chi connectivity index (χ4v) is 3.55. The first-order chi connectivity index (χ1) is 13.8. The number of anilines is 4. The van der Waals surface area contributed by atoms with E-state index in [1.165, 1.54) is 12.1 Å². The highest BCUT2D eigenvalue weighted by Gasteiger charge is 2.35. The molecular weight excluding hydrogens is 367 g/mol. The number of aromatic nitrogens is 2. The van der Waals surface area contributed by atoms with E-state index in [1.54, 1.807) is 12.1 Å². The monoisotopic (exact) mass is 390 g/mol. The summed E-state index contributed by atoms with van der Waals surface area (Å²) >= 11 is 0. The van der Waals surface area contributed by atoms with Gasteiger partial charge in [-0.3, -0.25) is 4.79 Å². The van der Waals surface area contributed by atoms with Crippen molar-refractivity contribution in [2.24, 2.45) is 5.41 Å². The fraction of sp³-hybridized carbons (Fsp3) is 0.261. The molecule has 2 aromatic carbocycles. The first-order valence-corrected chi connectivity index (χ1v) is 9.59. The molecule has 0 amide bonds. The van der Waals surface area contributed by atoms with Gasteiger partial charge in [-0.2, -0.15) is 4.98 Å². The topological polar surface area (TPSA) is 66.9 Å². The van der Waals surface area contributed by atoms with Gasteiger partial charge in [0.15, 0.2) is 5.78 Å². The van der Waals surface area contributed by atoms with E-state index in [0.29, 0.717) is 35.9 Å². The standard InChI is InChI=1S/C23H23FN4O/c1-14-4-8-16(9-5-14)25-21-20-18(12-23(2,3)13-19(20)29)27-22(28-21)26-17-10-6-15(24)7-11-17/h4-11H,12-13H2,1-3H3,(H2,25,26,27,28). The summed E-state index contributed by atoms with van der Waals surface area (Å²) in [6, 6.07) is 13.9. The van der Waals surface area contributed by atoms with Crippen LogP contribution in [0.2, 0.25) is 0 Å². The summed E-state index contributed by atoms with van der Waals surface area (Å²) in [6.07, 6.45) is 1.13. The third-order valence-corrected chi connectivity index (χ3v) is 4.96. The van der Waals surface area contributed by atoms with Gasteiger partial charge in [0, 0.05) is 17.8 Å². The van der Waals surface area contributed by atoms with Crippen molar-refractivity contribution in [2.45, 2.75) is 33.6 Å². The number of nitrogens with one attached hydrogen (secondary N) is 2. The van der Waals surface area contributed by atoms with Crippen molar-refractivity contribution in [3.63, 3.8) is 0 Å². The molecule has 0 bridgehead atoms. The summed E-state index contributed by atoms with van der Waals surface area (Å²) in [6.45, 7) is 6.15. The average molecular weight is 390 g/mol. The highest BCUT2D eigenvalue weighted by Crippen LogP contribution is 2.37. The van der Waals surface area contributed by atoms with E-state index in [2.05, 4.69) is 34.4 Å². The molecule has 1 aliphatic carbocycles. The van der Waals surface area contributed by atoms with E-state index >= 15 is 0 Å². The van der Waals surface area contributed by atoms with Crippen LogP contribution < -0.4 is 10.6 Å². The fourth-order valence-electron chi connectivity index (χ4n) is 3.55. The Labute approximate surface area is 169 Å². The van der Waals surface area contributed by atoms with E-state index in [1.807, 2.05) is 31.2 Å². The molecule has 0 atom stereocenters. The molecule has 4 rings (SSSR count). The quantitative estimate of drug-likeness (QED) is 0.610. The van der Waals surface area contributed by atoms with E-state index in [0.717, 1.165) is 16.9 Å². The molecule has 6 heteroatoms. The van der Waals surface area contributed by atoms with Gasteiger partial charge in [-0.05, 0) is 55.2 Å². The molecule has 1 aromatic heterocycles. The maximum atomic E-state index is 13.2. The Morgan fingerprint density at radius 1 is 0.897 bits per heavy atom. The molecule has 0 fully saturated rings. The van der Waals surface area contributed by atoms with E-state index < -0.39 is 0 Å². The van der Waals surface area contributed by atoms with Gasteiger partial charge in [0.1, 0.15) is 11.6 Å². The molecule has 0 saturated heterocycles. The van der Waals surface area contributed by atoms with E-state index in [4.69, 9.17) is 0 Å². The minimum Gasteiger partial charge on any atom is -0.339 e. The molecular formula is C23H23FN4O. The Hall–Kier alpha value is -3.28. The van der Waals surface area contributed by atoms with Gasteiger partial charge in [-0.15, -0.1) is 0 Å². The normalized spacial score (nSPS) is 15.0. The average Bonchev–Trinajstić information content (AvgIpc) is 2.64. The summed E-state index contributed by atoms with van der Waals surface area (Å²) in [5.74, 6) is 0.592. The van der Waals surface area contributed by atoms with E-state index in [9.17, 15) is 9.18 Å². The number of benzene rings is 2. The summed E-state index contributed by atoms with van der Waals surface area (Å²) in [5.41, 5.74) is 3.79. The van der Waals surface area contributed by atoms with Crippen molar-refractivity contribution in [2.75, 3.05) is 10.6 Å². The first kappa shape index (κ1) is 19.1. The Morgan fingerprint density at radius 2 is 1.52 bits per heavy atom. The van der Waals surface area contributed by atoms with Crippen LogP contribution in [-0.2, 0) is 6.42 Å². The number of halogens is 1. The molecule has 148 valence electrons. The van der Waals surface area contributed by atoms with Gasteiger partial charge in [-0.1, -0.05) is 31.5 Å². The lowest BCUT2D eigenvalue weighted by atomic mass is 9.75. The number of rotatable bonds is 4. The lowest BCUT2D eigenvalue weighted by Gasteiger charge is -2.30. The highest BCUT2D eigenvalue weighted by molar-refractivity contribution is 6.03. The van der Waals surface area contributed by atoms with Gasteiger partial charge in [-0.25, -0.2) is 9.37 Å². The van der Waals surface area contributed by atoms with Crippen LogP contribution in [0.3, 0.4) is 0 Å². The van der Waals surface area contributed by atoms with Crippen LogP contribution in [0.15, 0.2) is 48.5 Å². The second-order valence-electron chi connectivity index (χ2n) is 8.28. The van der Waals surface area contributed by atoms with Gasteiger partial charge >= 0.3 is 0 Å². The first-order valence-electron chi connectivity index (χ1n) is 9.59. The number of nitrogens with zero attached hydrogens (tertiary/aromatic N) is 2. The van der Waals surface area contributed by atoms with Crippen LogP contribution in [0.25, 0.3) is 0 Å². The molecule has 0 saturated carbocycles. The molecule has 3 aromatic rings. The minimum atomic E-state index is -0.309. The number of hydrogen-bond donors (Lipinski definition) is 2. The SMILES string of the molecule is Cc1ccc(Nc2nc(Nc3ccc(F)cc3)nc3c2C(=O)CC(C)(C)C3)cc1. The molecule has 29 heavy (non-hydrogen) atoms. The van der Waals surface area contributed by atoms with Crippen LogP contribution in [0.5, 0.6) is 0 Å². The summed E-state index contributed by atoms with van der Waals surface area (Å²) in [7, 11) is 0. The summed E-state index contributed by atoms with van der Waals surface area (Å²) < 4.78 is 13.2. The van der Waals surface area contributed by atoms with Crippen molar-refractivity contribution >= 4 is 28.9 Å². The molecule has 1 heterocycles. The van der Waals surface area contributed by atoms with Crippen LogP contribution in [0.4, 0.5) is 27.5 Å². The Bertz CT molecular complexity index is 1060. The predicted molar refractivity (Wildman–Crippen MR) is 113 cm³/mol. The number of ketones is 1. The second-order valence-corrected chi connectivity index (χ2v) is 8.28. The zero-order chi connectivity index (χ0) is 20.6. The third-order valence-electron chi connectivity index (χ3n) is 4.96. The van der Waals surface area contributed by atoms with Crippen molar-refractivity contribution < 1.29 is 9.18 Å². The van der Waals surface area contributed by atoms with Crippen LogP contribution in [0.1, 0.15) is 41.9 Å². The minimum absolute atomic E-state index is 0.0409. The van der Waals surface area contributed by atoms with Gasteiger partial charge in [0.05, 0.1) is 11.3 Å². The van der Waals surface area contributed by atoms with Gasteiger partial charge in [0.25, 0.3) is 0 Å². The molecule has 0 spiro atoms. The largest absolute Gasteiger partial charge is 0.339 e. The zero-order valence-electron chi connectivity index (χ0n) is 16.7. The molecule has 0 unspecified atom stereocenters. The number of hydrogen-bond acceptors (Lipinski definition) is 5. The van der Waals surface area contributed by atoms with Crippen LogP contribution in [-0.4, -0.2) is 15.8 Å². The maximum Gasteiger partial charge on any atom is 0.229 e. The Balaban J connectivity index is 1.75. The van der Waals surface area contributed by atoms with E-state index in [-0.39, 0.29) is 17.0 Å². The number of aryl methyl sites for hydroxylation is 1. The third kappa shape index (κ3) is 4.26. The molecule has 1 aliphatic rings. The van der Waals surface area contributed by atoms with Crippen molar-refractivity contribution in [1.82, 2.24) is 9.97 Å². The highest BCUT2D eigenvalue weighted by atomic mass is 19.1. The van der Waals surface area contributed by atoms with Crippen LogP contribution >= 0.6 is 0 Å². The Kier molecular flexibility index (Phi) is 4.78. The van der Waals surface area contributed by atoms with Gasteiger partial charge < -0.3 is 10.6 Å². The maximum absolute atomic E-state index is 13.2. The predicted octanol–water partition coefficient (Wildman–Crippen LogP) is 5.57. The molecule has 0 radical (unpaired) electrons. The number of fused-ring (bicyclic) bond motifs is 1. The van der Waals surface area contributed by atoms with Crippen molar-refractivity contribution in [3.8, 4) is 0 Å². The summed E-state index contributed by atoms with van der Waals surface area (Å²) in [4.78, 5) is 22.1. The van der Waals surface area contributed by atoms with Crippen LogP contribution in [0, 0.1) is 18.2 Å². The van der Waals surface area contributed by atoms with Crippen molar-refractivity contribution in [1.29, 1.82) is 0 Å². The molecule has 2 N–H and O–H groups in total. The lowest BCUT2D eigenvalue weighted by Crippen LogP contribution is -2.29. The Morgan fingerprint density at radius 3 is 2.21 bits per heavy atom. The molecule has 5 nitrogen and oxygen atoms in total. The van der Waals surface area contributed by atoms with Gasteiger partial charge in [0.2, 0.25) is 5.95 Å². The zero-order valence-corrected chi connectivity index (χ0v) is 16.7. The second kappa shape index (κ2) is 7.28. The van der Waals surface area contributed by atoms with Crippen molar-refractivity contribution in [3.05, 3.63) is 71.2 Å². The lowest BCUT2D eigenvalue weighted by molar-refractivity contribution is 0.0911. The number of carbonyl (C=O) groups is 1. The summed E-state index contributed by atoms with van der Waals surface area (Å²) in [5, 5.41) is 6.40. The smallest absolute Gasteiger partial charge is 0.229 e. The number of carbonyl (C=O) groups excluding carboxylic acids is 1.